The lowest BCUT2D eigenvalue weighted by Crippen LogP contribution is -2.09. The molecule has 12 heteroatoms. The van der Waals surface area contributed by atoms with Gasteiger partial charge in [-0.05, 0) is 48.5 Å². The van der Waals surface area contributed by atoms with Gasteiger partial charge in [0.25, 0.3) is 0 Å². The summed E-state index contributed by atoms with van der Waals surface area (Å²) in [6, 6.07) is 11.9. The lowest BCUT2D eigenvalue weighted by Gasteiger charge is -2.03. The zero-order chi connectivity index (χ0) is 27.9. The molecule has 0 radical (unpaired) electrons. The Balaban J connectivity index is 0. The third kappa shape index (κ3) is 13.8. The Labute approximate surface area is 208 Å². The Morgan fingerprint density at radius 3 is 0.972 bits per heavy atom. The lowest BCUT2D eigenvalue weighted by molar-refractivity contribution is 0.0432. The molecule has 0 saturated carbocycles. The van der Waals surface area contributed by atoms with Crippen LogP contribution in [0.15, 0.2) is 48.5 Å². The number of aliphatic hydroxyl groups excluding tert-OH is 4. The minimum absolute atomic E-state index is 0.0441. The molecular weight excluding hydrogens is 480 g/mol. The van der Waals surface area contributed by atoms with Gasteiger partial charge in [-0.3, -0.25) is 0 Å². The van der Waals surface area contributed by atoms with E-state index in [1.54, 1.807) is 0 Å². The molecule has 0 atom stereocenters. The number of methoxy groups -OCH3 is 3. The molecular formula is C24H32O12. The molecule has 12 nitrogen and oxygen atoms in total. The largest absolute Gasteiger partial charge is 0.465 e. The van der Waals surface area contributed by atoms with Crippen molar-refractivity contribution in [2.24, 2.45) is 0 Å². The van der Waals surface area contributed by atoms with Crippen molar-refractivity contribution >= 4 is 23.9 Å². The molecule has 0 saturated heterocycles. The van der Waals surface area contributed by atoms with E-state index in [2.05, 4.69) is 14.2 Å². The number of carbonyl (C=O) groups excluding carboxylic acids is 4. The molecule has 0 heterocycles. The highest BCUT2D eigenvalue weighted by molar-refractivity contribution is 5.94. The van der Waals surface area contributed by atoms with Crippen LogP contribution < -0.4 is 0 Å². The summed E-state index contributed by atoms with van der Waals surface area (Å²) in [5.41, 5.74) is 1.49. The number of ether oxygens (including phenoxy) is 4. The molecule has 0 amide bonds. The molecule has 2 rings (SSSR count). The third-order valence-electron chi connectivity index (χ3n) is 3.69. The number of carbonyl (C=O) groups is 4. The number of rotatable bonds is 7. The maximum Gasteiger partial charge on any atom is 0.338 e. The molecule has 0 aliphatic carbocycles. The highest BCUT2D eigenvalue weighted by atomic mass is 16.5. The van der Waals surface area contributed by atoms with Crippen LogP contribution in [-0.4, -0.2) is 99.2 Å². The van der Waals surface area contributed by atoms with Crippen LogP contribution in [0.2, 0.25) is 0 Å². The third-order valence-corrected chi connectivity index (χ3v) is 3.69. The van der Waals surface area contributed by atoms with Gasteiger partial charge in [0.05, 0.1) is 63.4 Å². The number of benzene rings is 2. The van der Waals surface area contributed by atoms with Crippen LogP contribution in [0.3, 0.4) is 0 Å². The van der Waals surface area contributed by atoms with Gasteiger partial charge in [-0.25, -0.2) is 19.2 Å². The van der Waals surface area contributed by atoms with Gasteiger partial charge in [0.1, 0.15) is 6.61 Å². The topological polar surface area (TPSA) is 186 Å². The van der Waals surface area contributed by atoms with Crippen molar-refractivity contribution in [1.82, 2.24) is 0 Å². The van der Waals surface area contributed by atoms with E-state index in [-0.39, 0.29) is 26.4 Å². The van der Waals surface area contributed by atoms with E-state index in [0.717, 1.165) is 7.11 Å². The monoisotopic (exact) mass is 512 g/mol. The fourth-order valence-electron chi connectivity index (χ4n) is 2.06. The number of hydrogen-bond donors (Lipinski definition) is 4. The van der Waals surface area contributed by atoms with Gasteiger partial charge in [0.15, 0.2) is 0 Å². The summed E-state index contributed by atoms with van der Waals surface area (Å²) in [6.07, 6.45) is 0. The molecule has 0 unspecified atom stereocenters. The number of aliphatic hydroxyl groups is 4. The Bertz CT molecular complexity index is 855. The van der Waals surface area contributed by atoms with Gasteiger partial charge in [-0.2, -0.15) is 0 Å². The highest BCUT2D eigenvalue weighted by Gasteiger charge is 2.10. The van der Waals surface area contributed by atoms with Gasteiger partial charge in [0, 0.05) is 7.11 Å². The second-order valence-electron chi connectivity index (χ2n) is 5.94. The molecule has 4 N–H and O–H groups in total. The van der Waals surface area contributed by atoms with Gasteiger partial charge in [-0.15, -0.1) is 0 Å². The van der Waals surface area contributed by atoms with E-state index in [0.29, 0.717) is 22.3 Å². The summed E-state index contributed by atoms with van der Waals surface area (Å²) in [5.74, 6) is -1.86. The predicted molar refractivity (Wildman–Crippen MR) is 127 cm³/mol. The standard InChI is InChI=1S/C11H12O5.C10H10O4.C2H6O2.CH4O/c1-15-10(13)8-2-4-9(5-3-8)11(14)16-7-6-12;1-13-9(11)7-3-5-8(6-4-7)10(12)14-2;3-1-2-4;1-2/h2-5,12H,6-7H2,1H3;3-6H,1-2H3;3-4H,1-2H2;2H,1H3. The van der Waals surface area contributed by atoms with Crippen LogP contribution in [0.4, 0.5) is 0 Å². The van der Waals surface area contributed by atoms with E-state index in [4.69, 9.17) is 25.2 Å². The fourth-order valence-corrected chi connectivity index (χ4v) is 2.06. The molecule has 36 heavy (non-hydrogen) atoms. The quantitative estimate of drug-likeness (QED) is 0.297. The normalized spacial score (nSPS) is 8.89. The SMILES string of the molecule is CO.COC(=O)c1ccc(C(=O)OC)cc1.COC(=O)c1ccc(C(=O)OCCO)cc1.OCCO. The van der Waals surface area contributed by atoms with Crippen LogP contribution in [0.25, 0.3) is 0 Å². The first-order chi connectivity index (χ1) is 17.3. The Morgan fingerprint density at radius 2 is 0.778 bits per heavy atom. The maximum atomic E-state index is 11.3. The first kappa shape index (κ1) is 34.3. The van der Waals surface area contributed by atoms with Crippen molar-refractivity contribution in [2.45, 2.75) is 0 Å². The van der Waals surface area contributed by atoms with Crippen LogP contribution >= 0.6 is 0 Å². The zero-order valence-corrected chi connectivity index (χ0v) is 20.5. The average molecular weight is 513 g/mol. The van der Waals surface area contributed by atoms with Crippen LogP contribution in [-0.2, 0) is 18.9 Å². The van der Waals surface area contributed by atoms with Crippen molar-refractivity contribution in [2.75, 3.05) is 54.9 Å². The average Bonchev–Trinajstić information content (AvgIpc) is 2.96. The van der Waals surface area contributed by atoms with Crippen LogP contribution in [0.1, 0.15) is 41.4 Å². The lowest BCUT2D eigenvalue weighted by atomic mass is 10.1. The molecule has 2 aromatic rings. The Hall–Kier alpha value is -3.84. The van der Waals surface area contributed by atoms with Crippen LogP contribution in [0.5, 0.6) is 0 Å². The van der Waals surface area contributed by atoms with Gasteiger partial charge < -0.3 is 39.4 Å². The molecule has 2 aromatic carbocycles. The van der Waals surface area contributed by atoms with E-state index in [9.17, 15) is 19.2 Å². The molecule has 0 bridgehead atoms. The van der Waals surface area contributed by atoms with Crippen LogP contribution in [0, 0.1) is 0 Å². The molecule has 200 valence electrons. The second-order valence-corrected chi connectivity index (χ2v) is 5.94. The molecule has 0 aliphatic heterocycles. The first-order valence-corrected chi connectivity index (χ1v) is 10.2. The molecule has 0 aliphatic rings. The van der Waals surface area contributed by atoms with Crippen molar-refractivity contribution in [3.05, 3.63) is 70.8 Å². The smallest absolute Gasteiger partial charge is 0.338 e. The first-order valence-electron chi connectivity index (χ1n) is 10.2. The maximum absolute atomic E-state index is 11.3. The zero-order valence-electron chi connectivity index (χ0n) is 20.5. The van der Waals surface area contributed by atoms with Crippen molar-refractivity contribution in [3.8, 4) is 0 Å². The van der Waals surface area contributed by atoms with Crippen molar-refractivity contribution < 1.29 is 58.6 Å². The summed E-state index contributed by atoms with van der Waals surface area (Å²) < 4.78 is 18.2. The Kier molecular flexibility index (Phi) is 20.7. The Morgan fingerprint density at radius 1 is 0.528 bits per heavy atom. The second kappa shape index (κ2) is 21.7. The van der Waals surface area contributed by atoms with Crippen molar-refractivity contribution in [1.29, 1.82) is 0 Å². The minimum Gasteiger partial charge on any atom is -0.465 e. The summed E-state index contributed by atoms with van der Waals surface area (Å²) in [7, 11) is 4.89. The predicted octanol–water partition coefficient (Wildman–Crippen LogP) is 0.462. The fraction of sp³-hybridized carbons (Fsp3) is 0.333. The summed E-state index contributed by atoms with van der Waals surface area (Å²) in [4.78, 5) is 44.5. The van der Waals surface area contributed by atoms with Gasteiger partial charge >= 0.3 is 23.9 Å². The van der Waals surface area contributed by atoms with E-state index in [1.807, 2.05) is 0 Å². The van der Waals surface area contributed by atoms with Gasteiger partial charge in [-0.1, -0.05) is 0 Å². The van der Waals surface area contributed by atoms with E-state index in [1.165, 1.54) is 69.9 Å². The summed E-state index contributed by atoms with van der Waals surface area (Å²) in [5, 5.41) is 30.7. The highest BCUT2D eigenvalue weighted by Crippen LogP contribution is 2.07. The number of esters is 4. The summed E-state index contributed by atoms with van der Waals surface area (Å²) >= 11 is 0. The molecule has 0 spiro atoms. The number of hydrogen-bond acceptors (Lipinski definition) is 12. The summed E-state index contributed by atoms with van der Waals surface area (Å²) in [6.45, 7) is -0.510. The molecule has 0 aromatic heterocycles. The van der Waals surface area contributed by atoms with E-state index < -0.39 is 23.9 Å². The molecule has 0 fully saturated rings. The van der Waals surface area contributed by atoms with Gasteiger partial charge in [0.2, 0.25) is 0 Å². The van der Waals surface area contributed by atoms with E-state index >= 15 is 0 Å². The van der Waals surface area contributed by atoms with Crippen molar-refractivity contribution in [3.63, 3.8) is 0 Å². The minimum atomic E-state index is -0.537.